The van der Waals surface area contributed by atoms with Gasteiger partial charge in [0.25, 0.3) is 10.0 Å². The predicted molar refractivity (Wildman–Crippen MR) is 68.2 cm³/mol. The molecule has 0 atom stereocenters. The predicted octanol–water partition coefficient (Wildman–Crippen LogP) is 2.47. The Hall–Kier alpha value is -1.29. The van der Waals surface area contributed by atoms with Gasteiger partial charge in [-0.2, -0.15) is 0 Å². The summed E-state index contributed by atoms with van der Waals surface area (Å²) in [7, 11) is -3.35. The van der Waals surface area contributed by atoms with Crippen molar-refractivity contribution in [2.75, 3.05) is 6.54 Å². The van der Waals surface area contributed by atoms with E-state index in [9.17, 15) is 8.42 Å². The highest BCUT2D eigenvalue weighted by atomic mass is 32.2. The number of hydrogen-bond acceptors (Lipinski definition) is 2. The third kappa shape index (κ3) is 2.22. The molecular formula is C13H17NO2S. The Labute approximate surface area is 103 Å². The van der Waals surface area contributed by atoms with Crippen LogP contribution in [0.3, 0.4) is 0 Å². The molecule has 17 heavy (non-hydrogen) atoms. The first-order chi connectivity index (χ1) is 8.05. The van der Waals surface area contributed by atoms with E-state index in [0.717, 1.165) is 24.0 Å². The Morgan fingerprint density at radius 3 is 2.71 bits per heavy atom. The molecule has 0 radical (unpaired) electrons. The molecule has 0 bridgehead atoms. The van der Waals surface area contributed by atoms with Crippen molar-refractivity contribution in [1.82, 2.24) is 4.31 Å². The fourth-order valence-electron chi connectivity index (χ4n) is 2.03. The molecule has 0 saturated heterocycles. The molecule has 2 rings (SSSR count). The molecule has 0 aromatic heterocycles. The van der Waals surface area contributed by atoms with E-state index >= 15 is 0 Å². The van der Waals surface area contributed by atoms with Gasteiger partial charge in [-0.1, -0.05) is 30.7 Å². The first kappa shape index (κ1) is 12.2. The van der Waals surface area contributed by atoms with Gasteiger partial charge < -0.3 is 0 Å². The summed E-state index contributed by atoms with van der Waals surface area (Å²) >= 11 is 0. The Morgan fingerprint density at radius 1 is 1.35 bits per heavy atom. The van der Waals surface area contributed by atoms with Crippen LogP contribution >= 0.6 is 0 Å². The van der Waals surface area contributed by atoms with Crippen LogP contribution in [0, 0.1) is 6.92 Å². The topological polar surface area (TPSA) is 37.4 Å². The molecule has 0 aliphatic carbocycles. The number of benzene rings is 1. The van der Waals surface area contributed by atoms with Crippen LogP contribution < -0.4 is 0 Å². The molecule has 1 aromatic rings. The second kappa shape index (κ2) is 4.53. The quantitative estimate of drug-likeness (QED) is 0.827. The van der Waals surface area contributed by atoms with Gasteiger partial charge in [-0.05, 0) is 31.4 Å². The zero-order valence-electron chi connectivity index (χ0n) is 10.2. The summed E-state index contributed by atoms with van der Waals surface area (Å²) in [5.41, 5.74) is 1.99. The summed E-state index contributed by atoms with van der Waals surface area (Å²) in [6.45, 7) is 4.51. The molecule has 92 valence electrons. The lowest BCUT2D eigenvalue weighted by molar-refractivity contribution is 0.516. The van der Waals surface area contributed by atoms with E-state index < -0.39 is 10.0 Å². The largest absolute Gasteiger partial charge is 0.273 e. The number of hydrogen-bond donors (Lipinski definition) is 0. The maximum Gasteiger partial charge on any atom is 0.264 e. The first-order valence-electron chi connectivity index (χ1n) is 5.83. The van der Waals surface area contributed by atoms with Gasteiger partial charge in [-0.15, -0.1) is 0 Å². The van der Waals surface area contributed by atoms with Crippen LogP contribution in [0.25, 0.3) is 0 Å². The van der Waals surface area contributed by atoms with E-state index in [1.807, 2.05) is 32.1 Å². The molecule has 3 nitrogen and oxygen atoms in total. The van der Waals surface area contributed by atoms with Crippen LogP contribution in [0.1, 0.15) is 24.5 Å². The van der Waals surface area contributed by atoms with Crippen molar-refractivity contribution < 1.29 is 8.42 Å². The summed E-state index contributed by atoms with van der Waals surface area (Å²) < 4.78 is 26.2. The van der Waals surface area contributed by atoms with Gasteiger partial charge in [-0.25, -0.2) is 8.42 Å². The summed E-state index contributed by atoms with van der Waals surface area (Å²) in [6, 6.07) is 5.52. The Morgan fingerprint density at radius 2 is 2.12 bits per heavy atom. The monoisotopic (exact) mass is 251 g/mol. The van der Waals surface area contributed by atoms with E-state index in [1.54, 1.807) is 12.3 Å². The third-order valence-corrected chi connectivity index (χ3v) is 4.85. The maximum atomic E-state index is 12.4. The van der Waals surface area contributed by atoms with Crippen molar-refractivity contribution in [3.63, 3.8) is 0 Å². The zero-order valence-corrected chi connectivity index (χ0v) is 11.0. The summed E-state index contributed by atoms with van der Waals surface area (Å²) in [5, 5.41) is 0. The molecule has 0 saturated carbocycles. The lowest BCUT2D eigenvalue weighted by Crippen LogP contribution is -2.25. The molecule has 4 heteroatoms. The second-order valence-corrected chi connectivity index (χ2v) is 6.11. The van der Waals surface area contributed by atoms with Crippen LogP contribution in [-0.2, 0) is 16.4 Å². The average molecular weight is 251 g/mol. The summed E-state index contributed by atoms with van der Waals surface area (Å²) in [4.78, 5) is 0.442. The van der Waals surface area contributed by atoms with Gasteiger partial charge in [0.2, 0.25) is 0 Å². The highest BCUT2D eigenvalue weighted by Gasteiger charge is 2.25. The minimum Gasteiger partial charge on any atom is -0.273 e. The smallest absolute Gasteiger partial charge is 0.264 e. The SMILES string of the molecule is CCc1cc(C)ccc1S(=O)(=O)N1C=CCC1. The summed E-state index contributed by atoms with van der Waals surface area (Å²) in [5.74, 6) is 0. The standard InChI is InChI=1S/C13H17NO2S/c1-3-12-10-11(2)6-7-13(12)17(15,16)14-8-4-5-9-14/h4,6-8,10H,3,5,9H2,1-2H3. The Kier molecular flexibility index (Phi) is 3.24. The number of aryl methyl sites for hydroxylation is 2. The second-order valence-electron chi connectivity index (χ2n) is 4.25. The van der Waals surface area contributed by atoms with E-state index in [4.69, 9.17) is 0 Å². The fourth-order valence-corrected chi connectivity index (χ4v) is 3.65. The minimum absolute atomic E-state index is 0.442. The van der Waals surface area contributed by atoms with Crippen molar-refractivity contribution in [3.05, 3.63) is 41.6 Å². The van der Waals surface area contributed by atoms with E-state index in [-0.39, 0.29) is 0 Å². The highest BCUT2D eigenvalue weighted by Crippen LogP contribution is 2.24. The Balaban J connectivity index is 2.49. The minimum atomic E-state index is -3.35. The molecule has 0 amide bonds. The molecule has 1 aliphatic heterocycles. The van der Waals surface area contributed by atoms with E-state index in [0.29, 0.717) is 11.4 Å². The molecule has 0 N–H and O–H groups in total. The molecule has 1 aromatic carbocycles. The van der Waals surface area contributed by atoms with Crippen molar-refractivity contribution in [2.45, 2.75) is 31.6 Å². The molecule has 1 aliphatic rings. The van der Waals surface area contributed by atoms with Gasteiger partial charge in [-0.3, -0.25) is 4.31 Å². The van der Waals surface area contributed by atoms with Gasteiger partial charge in [0.05, 0.1) is 4.90 Å². The molecular weight excluding hydrogens is 234 g/mol. The van der Waals surface area contributed by atoms with Gasteiger partial charge in [0.1, 0.15) is 0 Å². The molecule has 1 heterocycles. The maximum absolute atomic E-state index is 12.4. The van der Waals surface area contributed by atoms with Crippen LogP contribution in [0.5, 0.6) is 0 Å². The van der Waals surface area contributed by atoms with E-state index in [2.05, 4.69) is 0 Å². The van der Waals surface area contributed by atoms with Crippen LogP contribution in [0.4, 0.5) is 0 Å². The average Bonchev–Trinajstić information content (AvgIpc) is 2.82. The molecule has 0 spiro atoms. The van der Waals surface area contributed by atoms with Crippen LogP contribution in [0.2, 0.25) is 0 Å². The molecule has 0 fully saturated rings. The fraction of sp³-hybridized carbons (Fsp3) is 0.385. The van der Waals surface area contributed by atoms with Crippen molar-refractivity contribution >= 4 is 10.0 Å². The zero-order chi connectivity index (χ0) is 12.5. The normalized spacial score (nSPS) is 15.5. The lowest BCUT2D eigenvalue weighted by atomic mass is 10.1. The van der Waals surface area contributed by atoms with Crippen LogP contribution in [0.15, 0.2) is 35.4 Å². The van der Waals surface area contributed by atoms with Crippen molar-refractivity contribution in [1.29, 1.82) is 0 Å². The number of rotatable bonds is 3. The van der Waals surface area contributed by atoms with Crippen molar-refractivity contribution in [3.8, 4) is 0 Å². The number of sulfonamides is 1. The van der Waals surface area contributed by atoms with Gasteiger partial charge in [0.15, 0.2) is 0 Å². The van der Waals surface area contributed by atoms with Gasteiger partial charge >= 0.3 is 0 Å². The highest BCUT2D eigenvalue weighted by molar-refractivity contribution is 7.89. The first-order valence-corrected chi connectivity index (χ1v) is 7.27. The van der Waals surface area contributed by atoms with E-state index in [1.165, 1.54) is 4.31 Å². The Bertz CT molecular complexity index is 547. The van der Waals surface area contributed by atoms with Crippen molar-refractivity contribution in [2.24, 2.45) is 0 Å². The van der Waals surface area contributed by atoms with Crippen LogP contribution in [-0.4, -0.2) is 19.3 Å². The van der Waals surface area contributed by atoms with Gasteiger partial charge in [0, 0.05) is 12.7 Å². The third-order valence-electron chi connectivity index (χ3n) is 2.97. The molecule has 0 unspecified atom stereocenters. The number of nitrogens with zero attached hydrogens (tertiary/aromatic N) is 1. The summed E-state index contributed by atoms with van der Waals surface area (Å²) in [6.07, 6.45) is 5.08. The lowest BCUT2D eigenvalue weighted by Gasteiger charge is -2.18.